The van der Waals surface area contributed by atoms with Crippen LogP contribution in [0.1, 0.15) is 41.2 Å². The Hall–Kier alpha value is -1.64. The predicted molar refractivity (Wildman–Crippen MR) is 133 cm³/mol. The fourth-order valence-electron chi connectivity index (χ4n) is 3.73. The average molecular weight is 523 g/mol. The summed E-state index contributed by atoms with van der Waals surface area (Å²) in [7, 11) is 3.53. The molecule has 1 saturated heterocycles. The Balaban J connectivity index is 0.00000320. The minimum atomic E-state index is 0. The number of benzene rings is 2. The van der Waals surface area contributed by atoms with Crippen LogP contribution in [0.25, 0.3) is 0 Å². The predicted octanol–water partition coefficient (Wildman–Crippen LogP) is 4.59. The summed E-state index contributed by atoms with van der Waals surface area (Å²) in [5.41, 5.74) is 4.94. The molecule has 2 unspecified atom stereocenters. The van der Waals surface area contributed by atoms with Crippen molar-refractivity contribution in [3.63, 3.8) is 0 Å². The smallest absolute Gasteiger partial charge is 0.191 e. The number of aliphatic imine (C=N–C) groups is 1. The molecule has 0 saturated carbocycles. The van der Waals surface area contributed by atoms with Crippen LogP contribution in [0.5, 0.6) is 0 Å². The van der Waals surface area contributed by atoms with Gasteiger partial charge in [-0.1, -0.05) is 54.1 Å². The topological polar surface area (TPSA) is 54.9 Å². The highest BCUT2D eigenvalue weighted by Crippen LogP contribution is 2.33. The van der Waals surface area contributed by atoms with Crippen LogP contribution in [0, 0.1) is 12.8 Å². The van der Waals surface area contributed by atoms with Gasteiger partial charge in [0.15, 0.2) is 5.96 Å². The Morgan fingerprint density at radius 1 is 1.07 bits per heavy atom. The van der Waals surface area contributed by atoms with Gasteiger partial charge in [-0.3, -0.25) is 4.99 Å². The first-order valence-corrected chi connectivity index (χ1v) is 10.4. The summed E-state index contributed by atoms with van der Waals surface area (Å²) in [4.78, 5) is 4.38. The summed E-state index contributed by atoms with van der Waals surface area (Å²) in [6.07, 6.45) is 2.40. The van der Waals surface area contributed by atoms with Gasteiger partial charge in [0.2, 0.25) is 0 Å². The second kappa shape index (κ2) is 12.9. The monoisotopic (exact) mass is 523 g/mol. The van der Waals surface area contributed by atoms with Crippen LogP contribution in [0.2, 0.25) is 0 Å². The van der Waals surface area contributed by atoms with Crippen LogP contribution in [0.15, 0.2) is 53.5 Å². The van der Waals surface area contributed by atoms with Gasteiger partial charge in [0.1, 0.15) is 0 Å². The maximum atomic E-state index is 6.13. The molecule has 1 fully saturated rings. The zero-order valence-corrected chi connectivity index (χ0v) is 20.5. The van der Waals surface area contributed by atoms with Crippen LogP contribution >= 0.6 is 24.0 Å². The summed E-state index contributed by atoms with van der Waals surface area (Å²) in [5, 5.41) is 6.90. The lowest BCUT2D eigenvalue weighted by Gasteiger charge is -2.32. The van der Waals surface area contributed by atoms with Crippen LogP contribution in [0.4, 0.5) is 0 Å². The largest absolute Gasteiger partial charge is 0.380 e. The maximum Gasteiger partial charge on any atom is 0.191 e. The van der Waals surface area contributed by atoms with Crippen molar-refractivity contribution in [1.29, 1.82) is 0 Å². The van der Waals surface area contributed by atoms with E-state index >= 15 is 0 Å². The van der Waals surface area contributed by atoms with Crippen molar-refractivity contribution in [1.82, 2.24) is 10.6 Å². The van der Waals surface area contributed by atoms with Crippen LogP contribution in [-0.4, -0.2) is 33.3 Å². The number of hydrogen-bond acceptors (Lipinski definition) is 3. The number of methoxy groups -OCH3 is 1. The third-order valence-corrected chi connectivity index (χ3v) is 5.40. The van der Waals surface area contributed by atoms with Crippen molar-refractivity contribution in [2.75, 3.05) is 27.3 Å². The number of hydrogen-bond donors (Lipinski definition) is 2. The SMILES string of the molecule is CN=C(NCc1ccc(COC)cc1)NCC1CCCOC1c1ccc(C)cc1.I. The maximum absolute atomic E-state index is 6.13. The Labute approximate surface area is 197 Å². The lowest BCUT2D eigenvalue weighted by Crippen LogP contribution is -2.41. The number of rotatable bonds is 7. The van der Waals surface area contributed by atoms with Crippen LogP contribution in [0.3, 0.4) is 0 Å². The van der Waals surface area contributed by atoms with E-state index in [1.165, 1.54) is 22.3 Å². The number of guanidine groups is 1. The van der Waals surface area contributed by atoms with Gasteiger partial charge in [-0.2, -0.15) is 0 Å². The first-order chi connectivity index (χ1) is 14.2. The van der Waals surface area contributed by atoms with Gasteiger partial charge < -0.3 is 20.1 Å². The normalized spacial score (nSPS) is 19.1. The van der Waals surface area contributed by atoms with Gasteiger partial charge in [-0.15, -0.1) is 24.0 Å². The molecule has 1 heterocycles. The summed E-state index contributed by atoms with van der Waals surface area (Å²) in [6, 6.07) is 17.2. The summed E-state index contributed by atoms with van der Waals surface area (Å²) >= 11 is 0. The Bertz CT molecular complexity index is 778. The molecule has 0 bridgehead atoms. The fourth-order valence-corrected chi connectivity index (χ4v) is 3.73. The Morgan fingerprint density at radius 2 is 1.77 bits per heavy atom. The molecule has 3 rings (SSSR count). The van der Waals surface area contributed by atoms with E-state index in [2.05, 4.69) is 71.1 Å². The van der Waals surface area contributed by atoms with E-state index in [4.69, 9.17) is 9.47 Å². The summed E-state index contributed by atoms with van der Waals surface area (Å²) < 4.78 is 11.3. The lowest BCUT2D eigenvalue weighted by molar-refractivity contribution is -0.0265. The average Bonchev–Trinajstić information content (AvgIpc) is 2.76. The highest BCUT2D eigenvalue weighted by Gasteiger charge is 2.27. The highest BCUT2D eigenvalue weighted by molar-refractivity contribution is 14.0. The molecule has 164 valence electrons. The van der Waals surface area contributed by atoms with Crippen molar-refractivity contribution in [3.05, 3.63) is 70.8 Å². The second-order valence-electron chi connectivity index (χ2n) is 7.66. The van der Waals surface area contributed by atoms with E-state index < -0.39 is 0 Å². The number of nitrogens with zero attached hydrogens (tertiary/aromatic N) is 1. The standard InChI is InChI=1S/C24H33N3O2.HI/c1-18-6-12-21(13-7-18)23-22(5-4-14-29-23)16-27-24(25-2)26-15-19-8-10-20(11-9-19)17-28-3;/h6-13,22-23H,4-5,14-17H2,1-3H3,(H2,25,26,27);1H. The molecule has 0 aromatic heterocycles. The van der Waals surface area contributed by atoms with E-state index in [-0.39, 0.29) is 30.1 Å². The van der Waals surface area contributed by atoms with E-state index in [1.807, 2.05) is 7.05 Å². The number of aryl methyl sites for hydroxylation is 1. The minimum absolute atomic E-state index is 0. The van der Waals surface area contributed by atoms with E-state index in [1.54, 1.807) is 7.11 Å². The van der Waals surface area contributed by atoms with Crippen LogP contribution in [-0.2, 0) is 22.6 Å². The van der Waals surface area contributed by atoms with Gasteiger partial charge in [0, 0.05) is 39.8 Å². The molecule has 0 aliphatic carbocycles. The fraction of sp³-hybridized carbons (Fsp3) is 0.458. The van der Waals surface area contributed by atoms with Crippen molar-refractivity contribution in [2.45, 2.75) is 39.0 Å². The lowest BCUT2D eigenvalue weighted by atomic mass is 9.89. The number of halogens is 1. The zero-order valence-electron chi connectivity index (χ0n) is 18.2. The zero-order chi connectivity index (χ0) is 20.5. The van der Waals surface area contributed by atoms with Crippen LogP contribution < -0.4 is 10.6 Å². The molecular weight excluding hydrogens is 489 g/mol. The summed E-state index contributed by atoms with van der Waals surface area (Å²) in [5.74, 6) is 1.25. The van der Waals surface area contributed by atoms with Crippen molar-refractivity contribution >= 4 is 29.9 Å². The van der Waals surface area contributed by atoms with E-state index in [9.17, 15) is 0 Å². The molecule has 0 spiro atoms. The molecule has 2 atom stereocenters. The molecule has 2 N–H and O–H groups in total. The van der Waals surface area contributed by atoms with Gasteiger partial charge in [0.05, 0.1) is 12.7 Å². The Morgan fingerprint density at radius 3 is 2.43 bits per heavy atom. The molecule has 1 aliphatic rings. The first kappa shape index (κ1) is 24.6. The third kappa shape index (κ3) is 7.25. The molecule has 5 nitrogen and oxygen atoms in total. The molecule has 0 amide bonds. The second-order valence-corrected chi connectivity index (χ2v) is 7.66. The van der Waals surface area contributed by atoms with Gasteiger partial charge >= 0.3 is 0 Å². The molecule has 1 aliphatic heterocycles. The quantitative estimate of drug-likeness (QED) is 0.317. The van der Waals surface area contributed by atoms with E-state index in [0.29, 0.717) is 12.5 Å². The van der Waals surface area contributed by atoms with Crippen molar-refractivity contribution in [3.8, 4) is 0 Å². The number of nitrogens with one attached hydrogen (secondary N) is 2. The minimum Gasteiger partial charge on any atom is -0.380 e. The van der Waals surface area contributed by atoms with Gasteiger partial charge in [-0.25, -0.2) is 0 Å². The molecule has 6 heteroatoms. The molecule has 0 radical (unpaired) electrons. The molecule has 30 heavy (non-hydrogen) atoms. The molecule has 2 aromatic carbocycles. The van der Waals surface area contributed by atoms with Crippen molar-refractivity contribution in [2.24, 2.45) is 10.9 Å². The molecular formula is C24H34IN3O2. The van der Waals surface area contributed by atoms with Gasteiger partial charge in [-0.05, 0) is 36.5 Å². The van der Waals surface area contributed by atoms with Crippen molar-refractivity contribution < 1.29 is 9.47 Å². The van der Waals surface area contributed by atoms with E-state index in [0.717, 1.165) is 38.5 Å². The third-order valence-electron chi connectivity index (χ3n) is 5.40. The van der Waals surface area contributed by atoms with Gasteiger partial charge in [0.25, 0.3) is 0 Å². The highest BCUT2D eigenvalue weighted by atomic mass is 127. The first-order valence-electron chi connectivity index (χ1n) is 10.4. The summed E-state index contributed by atoms with van der Waals surface area (Å²) in [6.45, 7) is 5.16. The molecule has 2 aromatic rings. The number of ether oxygens (including phenoxy) is 2. The Kier molecular flexibility index (Phi) is 10.6.